The molecule has 122 valence electrons. The lowest BCUT2D eigenvalue weighted by atomic mass is 10.1. The molecule has 0 spiro atoms. The highest BCUT2D eigenvalue weighted by atomic mass is 16.5. The van der Waals surface area contributed by atoms with Crippen LogP contribution in [0.1, 0.15) is 17.5 Å². The fourth-order valence-corrected chi connectivity index (χ4v) is 2.22. The van der Waals surface area contributed by atoms with E-state index in [0.29, 0.717) is 19.5 Å². The van der Waals surface area contributed by atoms with Crippen molar-refractivity contribution in [3.8, 4) is 5.75 Å². The van der Waals surface area contributed by atoms with E-state index in [0.717, 1.165) is 17.9 Å². The van der Waals surface area contributed by atoms with Crippen molar-refractivity contribution in [2.24, 2.45) is 0 Å². The van der Waals surface area contributed by atoms with Crippen LogP contribution in [0.25, 0.3) is 0 Å². The van der Waals surface area contributed by atoms with Crippen LogP contribution in [0.15, 0.2) is 48.5 Å². The Morgan fingerprint density at radius 1 is 1.00 bits per heavy atom. The van der Waals surface area contributed by atoms with E-state index >= 15 is 0 Å². The number of carbonyl (C=O) groups is 1. The number of hydrogen-bond acceptors (Lipinski definition) is 3. The predicted molar refractivity (Wildman–Crippen MR) is 94.0 cm³/mol. The summed E-state index contributed by atoms with van der Waals surface area (Å²) >= 11 is 0. The molecule has 0 bridgehead atoms. The topological polar surface area (TPSA) is 50.4 Å². The van der Waals surface area contributed by atoms with E-state index in [9.17, 15) is 4.79 Å². The fourth-order valence-electron chi connectivity index (χ4n) is 2.22. The van der Waals surface area contributed by atoms with Gasteiger partial charge >= 0.3 is 0 Å². The number of hydrogen-bond donors (Lipinski definition) is 2. The Morgan fingerprint density at radius 3 is 2.35 bits per heavy atom. The van der Waals surface area contributed by atoms with Gasteiger partial charge in [0, 0.05) is 25.2 Å². The van der Waals surface area contributed by atoms with Gasteiger partial charge in [-0.3, -0.25) is 4.79 Å². The summed E-state index contributed by atoms with van der Waals surface area (Å²) in [4.78, 5) is 11.8. The van der Waals surface area contributed by atoms with E-state index in [1.165, 1.54) is 11.1 Å². The number of anilines is 1. The molecule has 0 saturated carbocycles. The summed E-state index contributed by atoms with van der Waals surface area (Å²) in [6.45, 7) is 3.34. The third kappa shape index (κ3) is 6.02. The first-order valence-corrected chi connectivity index (χ1v) is 7.87. The van der Waals surface area contributed by atoms with E-state index in [-0.39, 0.29) is 5.91 Å². The Kier molecular flexibility index (Phi) is 6.48. The third-order valence-electron chi connectivity index (χ3n) is 3.63. The average molecular weight is 312 g/mol. The third-order valence-corrected chi connectivity index (χ3v) is 3.63. The first-order valence-electron chi connectivity index (χ1n) is 7.87. The minimum absolute atomic E-state index is 0.0677. The summed E-state index contributed by atoms with van der Waals surface area (Å²) in [7, 11) is 1.65. The second-order valence-corrected chi connectivity index (χ2v) is 5.49. The van der Waals surface area contributed by atoms with Gasteiger partial charge in [-0.05, 0) is 43.2 Å². The lowest BCUT2D eigenvalue weighted by Gasteiger charge is -2.08. The van der Waals surface area contributed by atoms with Crippen molar-refractivity contribution in [3.63, 3.8) is 0 Å². The van der Waals surface area contributed by atoms with Gasteiger partial charge in [0.15, 0.2) is 0 Å². The van der Waals surface area contributed by atoms with Crippen molar-refractivity contribution in [1.29, 1.82) is 0 Å². The van der Waals surface area contributed by atoms with Crippen molar-refractivity contribution in [3.05, 3.63) is 59.7 Å². The van der Waals surface area contributed by atoms with Gasteiger partial charge in [0.1, 0.15) is 5.75 Å². The molecule has 0 aromatic heterocycles. The molecular formula is C19H24N2O2. The van der Waals surface area contributed by atoms with Crippen LogP contribution in [0.4, 0.5) is 5.69 Å². The zero-order chi connectivity index (χ0) is 16.5. The van der Waals surface area contributed by atoms with Crippen molar-refractivity contribution >= 4 is 11.6 Å². The molecule has 2 rings (SSSR count). The van der Waals surface area contributed by atoms with Gasteiger partial charge in [0.25, 0.3) is 0 Å². The maximum atomic E-state index is 11.8. The monoisotopic (exact) mass is 312 g/mol. The number of benzene rings is 2. The average Bonchev–Trinajstić information content (AvgIpc) is 2.57. The second kappa shape index (κ2) is 8.83. The molecule has 2 N–H and O–H groups in total. The van der Waals surface area contributed by atoms with E-state index in [4.69, 9.17) is 4.74 Å². The molecule has 0 unspecified atom stereocenters. The summed E-state index contributed by atoms with van der Waals surface area (Å²) in [5.41, 5.74) is 3.46. The second-order valence-electron chi connectivity index (χ2n) is 5.49. The molecule has 0 fully saturated rings. The van der Waals surface area contributed by atoms with E-state index in [1.54, 1.807) is 7.11 Å². The van der Waals surface area contributed by atoms with E-state index in [1.807, 2.05) is 36.4 Å². The SMILES string of the molecule is COc1ccc(CCNC(=O)CCNc2ccc(C)cc2)cc1. The van der Waals surface area contributed by atoms with Crippen LogP contribution in [0, 0.1) is 6.92 Å². The standard InChI is InChI=1S/C19H24N2O2/c1-15-3-7-17(8-4-15)20-14-12-19(22)21-13-11-16-5-9-18(23-2)10-6-16/h3-10,20H,11-14H2,1-2H3,(H,21,22). The number of methoxy groups -OCH3 is 1. The van der Waals surface area contributed by atoms with E-state index in [2.05, 4.69) is 29.7 Å². The number of amides is 1. The normalized spacial score (nSPS) is 10.2. The Balaban J connectivity index is 1.62. The van der Waals surface area contributed by atoms with Crippen molar-refractivity contribution in [2.45, 2.75) is 19.8 Å². The highest BCUT2D eigenvalue weighted by Gasteiger charge is 2.01. The number of rotatable bonds is 8. The minimum atomic E-state index is 0.0677. The summed E-state index contributed by atoms with van der Waals surface area (Å²) < 4.78 is 5.12. The van der Waals surface area contributed by atoms with Crippen molar-refractivity contribution in [1.82, 2.24) is 5.32 Å². The Morgan fingerprint density at radius 2 is 1.70 bits per heavy atom. The lowest BCUT2D eigenvalue weighted by molar-refractivity contribution is -0.120. The molecule has 0 heterocycles. The minimum Gasteiger partial charge on any atom is -0.497 e. The van der Waals surface area contributed by atoms with Crippen LogP contribution in [0.2, 0.25) is 0 Å². The van der Waals surface area contributed by atoms with Gasteiger partial charge in [-0.2, -0.15) is 0 Å². The lowest BCUT2D eigenvalue weighted by Crippen LogP contribution is -2.27. The van der Waals surface area contributed by atoms with Crippen LogP contribution >= 0.6 is 0 Å². The molecule has 4 heteroatoms. The summed E-state index contributed by atoms with van der Waals surface area (Å²) in [6.07, 6.45) is 1.29. The Hall–Kier alpha value is -2.49. The van der Waals surface area contributed by atoms with Crippen LogP contribution in [0.5, 0.6) is 5.75 Å². The van der Waals surface area contributed by atoms with Gasteiger partial charge in [0.05, 0.1) is 7.11 Å². The molecule has 0 aliphatic heterocycles. The molecule has 2 aromatic carbocycles. The molecule has 1 amide bonds. The molecule has 0 radical (unpaired) electrons. The van der Waals surface area contributed by atoms with Crippen molar-refractivity contribution < 1.29 is 9.53 Å². The number of carbonyl (C=O) groups excluding carboxylic acids is 1. The molecule has 0 atom stereocenters. The molecule has 2 aromatic rings. The first kappa shape index (κ1) is 16.9. The molecule has 0 aliphatic carbocycles. The largest absolute Gasteiger partial charge is 0.497 e. The maximum absolute atomic E-state index is 11.8. The number of nitrogens with one attached hydrogen (secondary N) is 2. The smallest absolute Gasteiger partial charge is 0.221 e. The van der Waals surface area contributed by atoms with Gasteiger partial charge in [-0.1, -0.05) is 29.8 Å². The first-order chi connectivity index (χ1) is 11.2. The van der Waals surface area contributed by atoms with E-state index < -0.39 is 0 Å². The Labute approximate surface area is 137 Å². The quantitative estimate of drug-likeness (QED) is 0.787. The fraction of sp³-hybridized carbons (Fsp3) is 0.316. The summed E-state index contributed by atoms with van der Waals surface area (Å²) in [6, 6.07) is 16.1. The van der Waals surface area contributed by atoms with Gasteiger partial charge in [0.2, 0.25) is 5.91 Å². The predicted octanol–water partition coefficient (Wildman–Crippen LogP) is 3.16. The van der Waals surface area contributed by atoms with Gasteiger partial charge in [-0.25, -0.2) is 0 Å². The van der Waals surface area contributed by atoms with Crippen LogP contribution in [-0.2, 0) is 11.2 Å². The zero-order valence-electron chi connectivity index (χ0n) is 13.8. The molecular weight excluding hydrogens is 288 g/mol. The van der Waals surface area contributed by atoms with Gasteiger partial charge < -0.3 is 15.4 Å². The van der Waals surface area contributed by atoms with Crippen LogP contribution < -0.4 is 15.4 Å². The van der Waals surface area contributed by atoms with Crippen molar-refractivity contribution in [2.75, 3.05) is 25.5 Å². The zero-order valence-corrected chi connectivity index (χ0v) is 13.8. The van der Waals surface area contributed by atoms with Gasteiger partial charge in [-0.15, -0.1) is 0 Å². The summed E-state index contributed by atoms with van der Waals surface area (Å²) in [5.74, 6) is 0.915. The number of ether oxygens (including phenoxy) is 1. The number of aryl methyl sites for hydroxylation is 1. The summed E-state index contributed by atoms with van der Waals surface area (Å²) in [5, 5.41) is 6.19. The van der Waals surface area contributed by atoms with Crippen LogP contribution in [0.3, 0.4) is 0 Å². The Bertz CT molecular complexity index is 606. The molecule has 0 saturated heterocycles. The van der Waals surface area contributed by atoms with Crippen LogP contribution in [-0.4, -0.2) is 26.1 Å². The highest BCUT2D eigenvalue weighted by molar-refractivity contribution is 5.76. The molecule has 23 heavy (non-hydrogen) atoms. The molecule has 4 nitrogen and oxygen atoms in total. The highest BCUT2D eigenvalue weighted by Crippen LogP contribution is 2.11. The maximum Gasteiger partial charge on any atom is 0.221 e. The molecule has 0 aliphatic rings.